The Balaban J connectivity index is 1.76. The number of fused-ring (bicyclic) bond motifs is 1. The van der Waals surface area contributed by atoms with E-state index in [1.165, 1.54) is 17.4 Å². The minimum absolute atomic E-state index is 0.314. The maximum atomic E-state index is 11.5. The lowest BCUT2D eigenvalue weighted by Crippen LogP contribution is -2.39. The number of H-pyrrole nitrogens is 1. The number of hydrogen-bond donors (Lipinski definition) is 3. The quantitative estimate of drug-likeness (QED) is 0.736. The standard InChI is InChI=1S/C12H18N6O/c1-8(9-3-2-6-13-7-9)14-10-4-5-11-15-16-12(19)18(11)17-10/h4-5,8-9,13H,2-3,6-7H2,1H3,(H,14,17)(H,16,19). The van der Waals surface area contributed by atoms with Gasteiger partial charge in [0.2, 0.25) is 0 Å². The van der Waals surface area contributed by atoms with Gasteiger partial charge >= 0.3 is 5.69 Å². The molecule has 0 bridgehead atoms. The van der Waals surface area contributed by atoms with Crippen LogP contribution in [0.15, 0.2) is 16.9 Å². The van der Waals surface area contributed by atoms with Crippen LogP contribution in [-0.4, -0.2) is 38.9 Å². The number of nitrogens with zero attached hydrogens (tertiary/aromatic N) is 3. The van der Waals surface area contributed by atoms with Gasteiger partial charge in [-0.15, -0.1) is 5.10 Å². The molecule has 0 aliphatic carbocycles. The molecule has 102 valence electrons. The van der Waals surface area contributed by atoms with E-state index in [0.717, 1.165) is 13.1 Å². The van der Waals surface area contributed by atoms with E-state index in [1.807, 2.05) is 6.07 Å². The second-order valence-corrected chi connectivity index (χ2v) is 5.06. The molecular formula is C12H18N6O. The van der Waals surface area contributed by atoms with Gasteiger partial charge in [0.25, 0.3) is 0 Å². The Bertz CT molecular complexity index is 612. The van der Waals surface area contributed by atoms with Crippen molar-refractivity contribution in [2.45, 2.75) is 25.8 Å². The molecule has 1 saturated heterocycles. The minimum atomic E-state index is -0.314. The van der Waals surface area contributed by atoms with Crippen LogP contribution < -0.4 is 16.3 Å². The highest BCUT2D eigenvalue weighted by molar-refractivity contribution is 5.43. The summed E-state index contributed by atoms with van der Waals surface area (Å²) in [7, 11) is 0. The molecule has 1 aliphatic rings. The number of hydrogen-bond acceptors (Lipinski definition) is 5. The zero-order chi connectivity index (χ0) is 13.2. The summed E-state index contributed by atoms with van der Waals surface area (Å²) < 4.78 is 1.27. The normalized spacial score (nSPS) is 21.4. The molecule has 7 heteroatoms. The van der Waals surface area contributed by atoms with Crippen LogP contribution in [0.1, 0.15) is 19.8 Å². The molecule has 3 heterocycles. The molecule has 1 aliphatic heterocycles. The number of nitrogens with one attached hydrogen (secondary N) is 3. The molecule has 0 amide bonds. The summed E-state index contributed by atoms with van der Waals surface area (Å²) in [5, 5.41) is 17.3. The highest BCUT2D eigenvalue weighted by Crippen LogP contribution is 2.17. The average Bonchev–Trinajstić information content (AvgIpc) is 2.81. The van der Waals surface area contributed by atoms with Crippen molar-refractivity contribution in [3.05, 3.63) is 22.6 Å². The molecule has 0 aromatic carbocycles. The first-order valence-electron chi connectivity index (χ1n) is 6.66. The van der Waals surface area contributed by atoms with Crippen LogP contribution in [0.5, 0.6) is 0 Å². The number of anilines is 1. The molecular weight excluding hydrogens is 244 g/mol. The smallest absolute Gasteiger partial charge is 0.364 e. The molecule has 2 aromatic rings. The van der Waals surface area contributed by atoms with Crippen molar-refractivity contribution in [2.24, 2.45) is 5.92 Å². The van der Waals surface area contributed by atoms with Gasteiger partial charge in [-0.1, -0.05) is 0 Å². The summed E-state index contributed by atoms with van der Waals surface area (Å²) in [5.41, 5.74) is 0.216. The average molecular weight is 262 g/mol. The van der Waals surface area contributed by atoms with E-state index in [4.69, 9.17) is 0 Å². The second-order valence-electron chi connectivity index (χ2n) is 5.06. The van der Waals surface area contributed by atoms with Crippen LogP contribution in [0.3, 0.4) is 0 Å². The fourth-order valence-electron chi connectivity index (χ4n) is 2.54. The Morgan fingerprint density at radius 3 is 3.21 bits per heavy atom. The Morgan fingerprint density at radius 2 is 2.42 bits per heavy atom. The molecule has 0 radical (unpaired) electrons. The number of aromatic amines is 1. The highest BCUT2D eigenvalue weighted by atomic mass is 16.2. The van der Waals surface area contributed by atoms with E-state index in [0.29, 0.717) is 23.4 Å². The first kappa shape index (κ1) is 12.2. The highest BCUT2D eigenvalue weighted by Gasteiger charge is 2.20. The molecule has 2 aromatic heterocycles. The van der Waals surface area contributed by atoms with Gasteiger partial charge in [-0.05, 0) is 50.9 Å². The van der Waals surface area contributed by atoms with Crippen molar-refractivity contribution >= 4 is 11.5 Å². The van der Waals surface area contributed by atoms with Gasteiger partial charge in [-0.3, -0.25) is 0 Å². The zero-order valence-electron chi connectivity index (χ0n) is 10.9. The lowest BCUT2D eigenvalue weighted by Gasteiger charge is -2.29. The van der Waals surface area contributed by atoms with Gasteiger partial charge in [-0.2, -0.15) is 9.61 Å². The molecule has 19 heavy (non-hydrogen) atoms. The van der Waals surface area contributed by atoms with Gasteiger partial charge in [0, 0.05) is 6.04 Å². The van der Waals surface area contributed by atoms with E-state index in [-0.39, 0.29) is 5.69 Å². The first-order valence-corrected chi connectivity index (χ1v) is 6.66. The topological polar surface area (TPSA) is 87.1 Å². The molecule has 7 nitrogen and oxygen atoms in total. The van der Waals surface area contributed by atoms with E-state index < -0.39 is 0 Å². The molecule has 0 spiro atoms. The third-order valence-corrected chi connectivity index (χ3v) is 3.69. The summed E-state index contributed by atoms with van der Waals surface area (Å²) in [6.07, 6.45) is 2.43. The summed E-state index contributed by atoms with van der Waals surface area (Å²) in [5.74, 6) is 1.29. The SMILES string of the molecule is CC(Nc1ccc2n[nH]c(=O)n2n1)C1CCCNC1. The maximum absolute atomic E-state index is 11.5. The minimum Gasteiger partial charge on any atom is -0.366 e. The predicted molar refractivity (Wildman–Crippen MR) is 72.3 cm³/mol. The van der Waals surface area contributed by atoms with Gasteiger partial charge in [-0.25, -0.2) is 9.89 Å². The van der Waals surface area contributed by atoms with Gasteiger partial charge in [0.15, 0.2) is 5.65 Å². The summed E-state index contributed by atoms with van der Waals surface area (Å²) >= 11 is 0. The summed E-state index contributed by atoms with van der Waals surface area (Å²) in [6, 6.07) is 3.95. The molecule has 2 unspecified atom stereocenters. The predicted octanol–water partition coefficient (Wildman–Crippen LogP) is 0.218. The Labute approximate surface area is 110 Å². The van der Waals surface area contributed by atoms with Crippen molar-refractivity contribution < 1.29 is 0 Å². The Hall–Kier alpha value is -1.89. The summed E-state index contributed by atoms with van der Waals surface area (Å²) in [6.45, 7) is 4.29. The lowest BCUT2D eigenvalue weighted by atomic mass is 9.93. The third-order valence-electron chi connectivity index (χ3n) is 3.69. The van der Waals surface area contributed by atoms with E-state index in [9.17, 15) is 4.79 Å². The van der Waals surface area contributed by atoms with Gasteiger partial charge < -0.3 is 10.6 Å². The number of rotatable bonds is 3. The second kappa shape index (κ2) is 5.00. The van der Waals surface area contributed by atoms with E-state index >= 15 is 0 Å². The monoisotopic (exact) mass is 262 g/mol. The van der Waals surface area contributed by atoms with Gasteiger partial charge in [0.1, 0.15) is 5.82 Å². The Kier molecular flexibility index (Phi) is 3.20. The van der Waals surface area contributed by atoms with Crippen molar-refractivity contribution in [1.29, 1.82) is 0 Å². The first-order chi connectivity index (χ1) is 9.24. The number of piperidine rings is 1. The number of aromatic nitrogens is 4. The van der Waals surface area contributed by atoms with Crippen molar-refractivity contribution in [3.63, 3.8) is 0 Å². The van der Waals surface area contributed by atoms with Crippen molar-refractivity contribution in [1.82, 2.24) is 25.1 Å². The maximum Gasteiger partial charge on any atom is 0.364 e. The van der Waals surface area contributed by atoms with Crippen LogP contribution in [0, 0.1) is 5.92 Å². The lowest BCUT2D eigenvalue weighted by molar-refractivity contribution is 0.346. The third kappa shape index (κ3) is 2.46. The van der Waals surface area contributed by atoms with Crippen molar-refractivity contribution in [3.8, 4) is 0 Å². The molecule has 3 N–H and O–H groups in total. The van der Waals surface area contributed by atoms with Crippen LogP contribution in [-0.2, 0) is 0 Å². The molecule has 3 rings (SSSR count). The summed E-state index contributed by atoms with van der Waals surface area (Å²) in [4.78, 5) is 11.5. The van der Waals surface area contributed by atoms with E-state index in [2.05, 4.69) is 32.9 Å². The fourth-order valence-corrected chi connectivity index (χ4v) is 2.54. The molecule has 1 fully saturated rings. The van der Waals surface area contributed by atoms with Crippen LogP contribution in [0.4, 0.5) is 5.82 Å². The van der Waals surface area contributed by atoms with Crippen molar-refractivity contribution in [2.75, 3.05) is 18.4 Å². The molecule has 2 atom stereocenters. The molecule has 0 saturated carbocycles. The van der Waals surface area contributed by atoms with Crippen LogP contribution in [0.25, 0.3) is 5.65 Å². The van der Waals surface area contributed by atoms with Crippen LogP contribution in [0.2, 0.25) is 0 Å². The van der Waals surface area contributed by atoms with Crippen LogP contribution >= 0.6 is 0 Å². The fraction of sp³-hybridized carbons (Fsp3) is 0.583. The van der Waals surface area contributed by atoms with E-state index in [1.54, 1.807) is 6.07 Å². The zero-order valence-corrected chi connectivity index (χ0v) is 10.9. The largest absolute Gasteiger partial charge is 0.366 e. The Morgan fingerprint density at radius 1 is 1.53 bits per heavy atom. The van der Waals surface area contributed by atoms with Gasteiger partial charge in [0.05, 0.1) is 0 Å².